The van der Waals surface area contributed by atoms with E-state index >= 15 is 0 Å². The Balaban J connectivity index is 2.16. The van der Waals surface area contributed by atoms with Crippen molar-refractivity contribution in [2.45, 2.75) is 12.7 Å². The molecule has 1 aromatic carbocycles. The summed E-state index contributed by atoms with van der Waals surface area (Å²) in [7, 11) is 0. The Hall–Kier alpha value is -1.56. The normalized spacial score (nSPS) is 19.1. The highest BCUT2D eigenvalue weighted by Gasteiger charge is 2.24. The van der Waals surface area contributed by atoms with Gasteiger partial charge in [0.25, 0.3) is 0 Å². The van der Waals surface area contributed by atoms with Crippen LogP contribution in [0.5, 0.6) is 5.75 Å². The first-order valence-corrected chi connectivity index (χ1v) is 5.11. The minimum Gasteiger partial charge on any atom is -0.447 e. The molecule has 1 saturated heterocycles. The van der Waals surface area contributed by atoms with Crippen molar-refractivity contribution in [2.24, 2.45) is 0 Å². The van der Waals surface area contributed by atoms with Gasteiger partial charge in [0.05, 0.1) is 11.1 Å². The lowest BCUT2D eigenvalue weighted by atomic mass is 10.1. The third kappa shape index (κ3) is 2.76. The molecule has 0 saturated carbocycles. The van der Waals surface area contributed by atoms with Gasteiger partial charge in [-0.3, -0.25) is 0 Å². The summed E-state index contributed by atoms with van der Waals surface area (Å²) >= 11 is 5.78. The standard InChI is InChI=1S/C10H8ClF2NO3/c11-6-3-5(7-4-16-10(15)14-7)1-2-8(6)17-9(12)13/h1-3,7,9H,4H2,(H,14,15). The van der Waals surface area contributed by atoms with Crippen LogP contribution in [-0.4, -0.2) is 19.3 Å². The zero-order valence-electron chi connectivity index (χ0n) is 8.45. The first kappa shape index (κ1) is 11.9. The van der Waals surface area contributed by atoms with Crippen LogP contribution in [0, 0.1) is 0 Å². The lowest BCUT2D eigenvalue weighted by molar-refractivity contribution is -0.0498. The van der Waals surface area contributed by atoms with Gasteiger partial charge >= 0.3 is 12.7 Å². The predicted octanol–water partition coefficient (Wildman–Crippen LogP) is 2.72. The second-order valence-corrected chi connectivity index (χ2v) is 3.77. The highest BCUT2D eigenvalue weighted by atomic mass is 35.5. The van der Waals surface area contributed by atoms with Crippen LogP contribution in [0.1, 0.15) is 11.6 Å². The molecule has 7 heteroatoms. The van der Waals surface area contributed by atoms with Crippen LogP contribution in [0.25, 0.3) is 0 Å². The van der Waals surface area contributed by atoms with Crippen LogP contribution in [0.2, 0.25) is 5.02 Å². The average molecular weight is 264 g/mol. The summed E-state index contributed by atoms with van der Waals surface area (Å²) in [6, 6.07) is 4.01. The summed E-state index contributed by atoms with van der Waals surface area (Å²) in [6.07, 6.45) is -0.515. The topological polar surface area (TPSA) is 47.6 Å². The van der Waals surface area contributed by atoms with Crippen LogP contribution >= 0.6 is 11.6 Å². The van der Waals surface area contributed by atoms with Crippen LogP contribution < -0.4 is 10.1 Å². The molecule has 1 amide bonds. The fourth-order valence-electron chi connectivity index (χ4n) is 1.49. The van der Waals surface area contributed by atoms with Crippen molar-refractivity contribution in [3.8, 4) is 5.75 Å². The van der Waals surface area contributed by atoms with E-state index in [0.29, 0.717) is 5.56 Å². The molecule has 0 radical (unpaired) electrons. The van der Waals surface area contributed by atoms with Crippen molar-refractivity contribution in [1.82, 2.24) is 5.32 Å². The molecular formula is C10H8ClF2NO3. The molecule has 0 aliphatic carbocycles. The third-order valence-corrected chi connectivity index (χ3v) is 2.54. The summed E-state index contributed by atoms with van der Waals surface area (Å²) in [5, 5.41) is 2.61. The number of alkyl halides is 2. The van der Waals surface area contributed by atoms with Crippen molar-refractivity contribution >= 4 is 17.7 Å². The van der Waals surface area contributed by atoms with Gasteiger partial charge in [-0.1, -0.05) is 17.7 Å². The number of nitrogens with one attached hydrogen (secondary N) is 1. The summed E-state index contributed by atoms with van der Waals surface area (Å²) in [5.74, 6) is -0.101. The first-order valence-electron chi connectivity index (χ1n) is 4.74. The van der Waals surface area contributed by atoms with Crippen LogP contribution in [0.4, 0.5) is 13.6 Å². The first-order chi connectivity index (χ1) is 8.06. The number of halogens is 3. The number of carbonyl (C=O) groups excluding carboxylic acids is 1. The molecule has 1 aliphatic rings. The molecule has 2 rings (SSSR count). The molecule has 0 bridgehead atoms. The number of hydrogen-bond acceptors (Lipinski definition) is 3. The third-order valence-electron chi connectivity index (χ3n) is 2.25. The van der Waals surface area contributed by atoms with Crippen molar-refractivity contribution in [2.75, 3.05) is 6.61 Å². The van der Waals surface area contributed by atoms with Crippen LogP contribution in [-0.2, 0) is 4.74 Å². The van der Waals surface area contributed by atoms with Crippen molar-refractivity contribution in [3.05, 3.63) is 28.8 Å². The van der Waals surface area contributed by atoms with Gasteiger partial charge in [0, 0.05) is 0 Å². The molecule has 1 fully saturated rings. The zero-order valence-corrected chi connectivity index (χ0v) is 9.21. The van der Waals surface area contributed by atoms with Crippen molar-refractivity contribution < 1.29 is 23.0 Å². The second-order valence-electron chi connectivity index (χ2n) is 3.36. The Morgan fingerprint density at radius 2 is 2.29 bits per heavy atom. The SMILES string of the molecule is O=C1NC(c2ccc(OC(F)F)c(Cl)c2)CO1. The largest absolute Gasteiger partial charge is 0.447 e. The van der Waals surface area contributed by atoms with Gasteiger partial charge < -0.3 is 14.8 Å². The highest BCUT2D eigenvalue weighted by Crippen LogP contribution is 2.30. The number of carbonyl (C=O) groups is 1. The number of alkyl carbamates (subject to hydrolysis) is 1. The lowest BCUT2D eigenvalue weighted by Crippen LogP contribution is -2.18. The van der Waals surface area contributed by atoms with E-state index in [2.05, 4.69) is 10.1 Å². The van der Waals surface area contributed by atoms with Crippen molar-refractivity contribution in [3.63, 3.8) is 0 Å². The van der Waals surface area contributed by atoms with E-state index in [1.807, 2.05) is 0 Å². The van der Waals surface area contributed by atoms with E-state index in [9.17, 15) is 13.6 Å². The number of benzene rings is 1. The molecule has 17 heavy (non-hydrogen) atoms. The van der Waals surface area contributed by atoms with Crippen LogP contribution in [0.15, 0.2) is 18.2 Å². The Kier molecular flexibility index (Phi) is 3.33. The Morgan fingerprint density at radius 3 is 2.82 bits per heavy atom. The number of cyclic esters (lactones) is 1. The molecule has 1 aliphatic heterocycles. The van der Waals surface area contributed by atoms with Gasteiger partial charge in [-0.05, 0) is 17.7 Å². The van der Waals surface area contributed by atoms with Gasteiger partial charge in [0.2, 0.25) is 0 Å². The quantitative estimate of drug-likeness (QED) is 0.912. The Bertz CT molecular complexity index is 442. The fraction of sp³-hybridized carbons (Fsp3) is 0.300. The van der Waals surface area contributed by atoms with Gasteiger partial charge in [-0.15, -0.1) is 0 Å². The minimum atomic E-state index is -2.92. The predicted molar refractivity (Wildman–Crippen MR) is 55.3 cm³/mol. The Labute approximate surface area is 100 Å². The molecule has 1 N–H and O–H groups in total. The van der Waals surface area contributed by atoms with Crippen LogP contribution in [0.3, 0.4) is 0 Å². The van der Waals surface area contributed by atoms with E-state index in [1.165, 1.54) is 12.1 Å². The molecular weight excluding hydrogens is 256 g/mol. The zero-order chi connectivity index (χ0) is 12.4. The maximum absolute atomic E-state index is 12.0. The highest BCUT2D eigenvalue weighted by molar-refractivity contribution is 6.32. The van der Waals surface area contributed by atoms with Gasteiger partial charge in [0.15, 0.2) is 0 Å². The molecule has 0 spiro atoms. The van der Waals surface area contributed by atoms with E-state index in [-0.39, 0.29) is 23.4 Å². The fourth-order valence-corrected chi connectivity index (χ4v) is 1.72. The number of rotatable bonds is 3. The van der Waals surface area contributed by atoms with Crippen molar-refractivity contribution in [1.29, 1.82) is 0 Å². The van der Waals surface area contributed by atoms with Gasteiger partial charge in [-0.25, -0.2) is 4.79 Å². The number of amides is 1. The maximum atomic E-state index is 12.0. The summed E-state index contributed by atoms with van der Waals surface area (Å²) in [6.45, 7) is -2.74. The molecule has 1 aromatic rings. The molecule has 1 heterocycles. The molecule has 1 atom stereocenters. The lowest BCUT2D eigenvalue weighted by Gasteiger charge is -2.11. The summed E-state index contributed by atoms with van der Waals surface area (Å²) in [5.41, 5.74) is 0.669. The van der Waals surface area contributed by atoms with E-state index in [0.717, 1.165) is 0 Å². The average Bonchev–Trinajstić information content (AvgIpc) is 2.67. The van der Waals surface area contributed by atoms with E-state index in [1.54, 1.807) is 6.07 Å². The number of hydrogen-bond donors (Lipinski definition) is 1. The second kappa shape index (κ2) is 4.75. The molecule has 4 nitrogen and oxygen atoms in total. The van der Waals surface area contributed by atoms with Gasteiger partial charge in [0.1, 0.15) is 12.4 Å². The monoisotopic (exact) mass is 263 g/mol. The summed E-state index contributed by atoms with van der Waals surface area (Å²) in [4.78, 5) is 10.8. The Morgan fingerprint density at radius 1 is 1.53 bits per heavy atom. The maximum Gasteiger partial charge on any atom is 0.407 e. The van der Waals surface area contributed by atoms with E-state index in [4.69, 9.17) is 16.3 Å². The van der Waals surface area contributed by atoms with E-state index < -0.39 is 12.7 Å². The van der Waals surface area contributed by atoms with Gasteiger partial charge in [-0.2, -0.15) is 8.78 Å². The molecule has 1 unspecified atom stereocenters. The summed E-state index contributed by atoms with van der Waals surface area (Å²) < 4.78 is 32.9. The molecule has 92 valence electrons. The molecule has 0 aromatic heterocycles. The number of ether oxygens (including phenoxy) is 2. The minimum absolute atomic E-state index is 0.0592. The smallest absolute Gasteiger partial charge is 0.407 e.